The first-order chi connectivity index (χ1) is 13.6. The van der Waals surface area contributed by atoms with Gasteiger partial charge in [-0.05, 0) is 87.6 Å². The van der Waals surface area contributed by atoms with Gasteiger partial charge in [-0.25, -0.2) is 0 Å². The molecule has 2 fully saturated rings. The summed E-state index contributed by atoms with van der Waals surface area (Å²) in [6.45, 7) is 5.18. The number of rotatable bonds is 5. The lowest BCUT2D eigenvalue weighted by Crippen LogP contribution is -2.38. The summed E-state index contributed by atoms with van der Waals surface area (Å²) in [7, 11) is 0. The van der Waals surface area contributed by atoms with Crippen LogP contribution in [0.2, 0.25) is 0 Å². The molecule has 0 unspecified atom stereocenters. The van der Waals surface area contributed by atoms with Gasteiger partial charge in [-0.2, -0.15) is 0 Å². The van der Waals surface area contributed by atoms with Crippen molar-refractivity contribution in [1.82, 2.24) is 5.32 Å². The lowest BCUT2D eigenvalue weighted by molar-refractivity contribution is 0.279. The van der Waals surface area contributed by atoms with E-state index in [9.17, 15) is 0 Å². The van der Waals surface area contributed by atoms with Crippen molar-refractivity contribution in [2.24, 2.45) is 15.9 Å². The second-order valence-corrected chi connectivity index (χ2v) is 9.03. The van der Waals surface area contributed by atoms with Crippen LogP contribution in [0, 0.1) is 11.3 Å². The fourth-order valence-corrected chi connectivity index (χ4v) is 4.94. The third kappa shape index (κ3) is 5.38. The first-order valence-corrected chi connectivity index (χ1v) is 11.1. The van der Waals surface area contributed by atoms with Gasteiger partial charge in [0.2, 0.25) is 0 Å². The molecule has 0 spiro atoms. The third-order valence-corrected chi connectivity index (χ3v) is 6.67. The summed E-state index contributed by atoms with van der Waals surface area (Å²) in [5.74, 6) is 0.807. The van der Waals surface area contributed by atoms with E-state index in [0.717, 1.165) is 24.5 Å². The number of hydrogen-bond donors (Lipinski definition) is 2. The Kier molecular flexibility index (Phi) is 6.36. The van der Waals surface area contributed by atoms with E-state index < -0.39 is 0 Å². The van der Waals surface area contributed by atoms with Gasteiger partial charge in [0.15, 0.2) is 0 Å². The van der Waals surface area contributed by atoms with E-state index in [2.05, 4.69) is 24.0 Å². The summed E-state index contributed by atoms with van der Waals surface area (Å²) in [6, 6.07) is 1.68. The van der Waals surface area contributed by atoms with Gasteiger partial charge in [-0.15, -0.1) is 0 Å². The van der Waals surface area contributed by atoms with Crippen molar-refractivity contribution in [1.29, 1.82) is 5.41 Å². The molecule has 0 heterocycles. The minimum absolute atomic E-state index is 0.483. The molecule has 150 valence electrons. The standard InChI is InChI=1S/C24H34N4/c1-17-2-6-23(14-17)27-22-12-10-20(11-13-22)26-16-18-3-7-21(8-4-18)28-24-9-5-19(25)15-24/h2,5-6,9,18,20-22,25-26H,1,3-4,7-8,10-16H2. The maximum absolute atomic E-state index is 7.67. The first kappa shape index (κ1) is 19.5. The van der Waals surface area contributed by atoms with Crippen molar-refractivity contribution in [3.8, 4) is 0 Å². The van der Waals surface area contributed by atoms with Crippen molar-refractivity contribution in [2.45, 2.75) is 82.3 Å². The molecule has 0 radical (unpaired) electrons. The average Bonchev–Trinajstić information content (AvgIpc) is 3.30. The number of aliphatic imine (C=N–C) groups is 2. The first-order valence-electron chi connectivity index (χ1n) is 11.1. The zero-order chi connectivity index (χ0) is 19.3. The fraction of sp³-hybridized carbons (Fsp3) is 0.625. The molecule has 4 aliphatic rings. The largest absolute Gasteiger partial charge is 0.314 e. The lowest BCUT2D eigenvalue weighted by atomic mass is 9.85. The highest BCUT2D eigenvalue weighted by Gasteiger charge is 2.25. The Balaban J connectivity index is 1.13. The molecule has 28 heavy (non-hydrogen) atoms. The van der Waals surface area contributed by atoms with Crippen LogP contribution in [0.4, 0.5) is 0 Å². The van der Waals surface area contributed by atoms with E-state index in [0.29, 0.717) is 23.8 Å². The second-order valence-electron chi connectivity index (χ2n) is 9.03. The minimum atomic E-state index is 0.483. The topological polar surface area (TPSA) is 60.6 Å². The number of nitrogens with zero attached hydrogens (tertiary/aromatic N) is 2. The lowest BCUT2D eigenvalue weighted by Gasteiger charge is -2.31. The van der Waals surface area contributed by atoms with Crippen molar-refractivity contribution >= 4 is 17.1 Å². The molecule has 0 aliphatic heterocycles. The molecule has 0 aromatic carbocycles. The van der Waals surface area contributed by atoms with Crippen LogP contribution >= 0.6 is 0 Å². The Bertz CT molecular complexity index is 649. The van der Waals surface area contributed by atoms with Gasteiger partial charge in [-0.1, -0.05) is 12.7 Å². The second kappa shape index (κ2) is 9.13. The minimum Gasteiger partial charge on any atom is -0.314 e. The predicted octanol–water partition coefficient (Wildman–Crippen LogP) is 4.82. The molecule has 4 aliphatic carbocycles. The molecule has 4 rings (SSSR count). The van der Waals surface area contributed by atoms with Crippen molar-refractivity contribution in [2.75, 3.05) is 6.54 Å². The molecular formula is C24H34N4. The SMILES string of the molecule is C=C1C=CC(=NC2CCC(NCC3CCC(N=C4C=CC(=N)C4)CC3)CC2)C1. The van der Waals surface area contributed by atoms with Gasteiger partial charge < -0.3 is 10.7 Å². The van der Waals surface area contributed by atoms with Crippen LogP contribution in [0.5, 0.6) is 0 Å². The van der Waals surface area contributed by atoms with E-state index >= 15 is 0 Å². The zero-order valence-electron chi connectivity index (χ0n) is 17.0. The normalized spacial score (nSPS) is 36.1. The number of hydrogen-bond acceptors (Lipinski definition) is 4. The molecule has 4 heteroatoms. The van der Waals surface area contributed by atoms with Crippen molar-refractivity contribution in [3.63, 3.8) is 0 Å². The molecule has 0 amide bonds. The molecule has 2 N–H and O–H groups in total. The van der Waals surface area contributed by atoms with Crippen LogP contribution in [0.15, 0.2) is 46.4 Å². The highest BCUT2D eigenvalue weighted by atomic mass is 14.9. The maximum Gasteiger partial charge on any atom is 0.0504 e. The fourth-order valence-electron chi connectivity index (χ4n) is 4.94. The Morgan fingerprint density at radius 1 is 0.821 bits per heavy atom. The van der Waals surface area contributed by atoms with E-state index in [1.165, 1.54) is 69.2 Å². The maximum atomic E-state index is 7.67. The zero-order valence-corrected chi connectivity index (χ0v) is 17.0. The van der Waals surface area contributed by atoms with Crippen LogP contribution in [-0.4, -0.2) is 41.8 Å². The number of nitrogens with one attached hydrogen (secondary N) is 2. The van der Waals surface area contributed by atoms with Crippen LogP contribution in [0.1, 0.15) is 64.2 Å². The van der Waals surface area contributed by atoms with E-state index in [1.807, 2.05) is 12.2 Å². The molecule has 0 bridgehead atoms. The summed E-state index contributed by atoms with van der Waals surface area (Å²) in [5, 5.41) is 11.5. The Morgan fingerprint density at radius 2 is 1.43 bits per heavy atom. The molecule has 0 aromatic heterocycles. The molecule has 0 saturated heterocycles. The van der Waals surface area contributed by atoms with E-state index in [1.54, 1.807) is 0 Å². The van der Waals surface area contributed by atoms with Crippen LogP contribution < -0.4 is 5.32 Å². The summed E-state index contributed by atoms with van der Waals surface area (Å²) >= 11 is 0. The van der Waals surface area contributed by atoms with Crippen molar-refractivity contribution in [3.05, 3.63) is 36.5 Å². The smallest absolute Gasteiger partial charge is 0.0504 e. The molecule has 2 saturated carbocycles. The van der Waals surface area contributed by atoms with Gasteiger partial charge in [0.25, 0.3) is 0 Å². The van der Waals surface area contributed by atoms with Crippen LogP contribution in [0.25, 0.3) is 0 Å². The number of allylic oxidation sites excluding steroid dienone is 5. The summed E-state index contributed by atoms with van der Waals surface area (Å²) in [6.07, 6.45) is 19.8. The molecule has 0 atom stereocenters. The van der Waals surface area contributed by atoms with Crippen molar-refractivity contribution < 1.29 is 0 Å². The van der Waals surface area contributed by atoms with Crippen LogP contribution in [0.3, 0.4) is 0 Å². The van der Waals surface area contributed by atoms with Gasteiger partial charge in [0.05, 0.1) is 12.1 Å². The van der Waals surface area contributed by atoms with Gasteiger partial charge in [0, 0.05) is 36.0 Å². The Labute approximate surface area is 169 Å². The quantitative estimate of drug-likeness (QED) is 0.707. The molecule has 4 nitrogen and oxygen atoms in total. The average molecular weight is 379 g/mol. The Morgan fingerprint density at radius 3 is 2.00 bits per heavy atom. The van der Waals surface area contributed by atoms with Crippen LogP contribution in [-0.2, 0) is 0 Å². The predicted molar refractivity (Wildman–Crippen MR) is 119 cm³/mol. The Hall–Kier alpha value is -1.81. The van der Waals surface area contributed by atoms with E-state index in [-0.39, 0.29) is 0 Å². The molecular weight excluding hydrogens is 344 g/mol. The summed E-state index contributed by atoms with van der Waals surface area (Å²) in [5.41, 5.74) is 4.23. The highest BCUT2D eigenvalue weighted by Crippen LogP contribution is 2.28. The third-order valence-electron chi connectivity index (χ3n) is 6.67. The van der Waals surface area contributed by atoms with Gasteiger partial charge >= 0.3 is 0 Å². The summed E-state index contributed by atoms with van der Waals surface area (Å²) < 4.78 is 0. The highest BCUT2D eigenvalue weighted by molar-refractivity contribution is 6.19. The molecule has 0 aromatic rings. The summed E-state index contributed by atoms with van der Waals surface area (Å²) in [4.78, 5) is 9.81. The monoisotopic (exact) mass is 378 g/mol. The van der Waals surface area contributed by atoms with E-state index in [4.69, 9.17) is 15.4 Å². The van der Waals surface area contributed by atoms with Gasteiger partial charge in [-0.3, -0.25) is 9.98 Å². The van der Waals surface area contributed by atoms with Gasteiger partial charge in [0.1, 0.15) is 0 Å².